The number of thioether (sulfide) groups is 1. The minimum Gasteiger partial charge on any atom is -0.454 e. The molecule has 2 aromatic carbocycles. The lowest BCUT2D eigenvalue weighted by Gasteiger charge is -2.12. The van der Waals surface area contributed by atoms with Gasteiger partial charge in [0.15, 0.2) is 11.5 Å². The van der Waals surface area contributed by atoms with E-state index in [2.05, 4.69) is 15.6 Å². The van der Waals surface area contributed by atoms with Crippen molar-refractivity contribution in [3.63, 3.8) is 0 Å². The van der Waals surface area contributed by atoms with Gasteiger partial charge in [0, 0.05) is 34.8 Å². The summed E-state index contributed by atoms with van der Waals surface area (Å²) < 4.78 is 24.7. The maximum Gasteiger partial charge on any atom is 0.258 e. The average Bonchev–Trinajstić information content (AvgIpc) is 3.28. The summed E-state index contributed by atoms with van der Waals surface area (Å²) in [6.07, 6.45) is 1.49. The Morgan fingerprint density at radius 1 is 1.12 bits per heavy atom. The lowest BCUT2D eigenvalue weighted by molar-refractivity contribution is -0.113. The molecule has 0 spiro atoms. The number of halogens is 1. The van der Waals surface area contributed by atoms with Gasteiger partial charge in [0.05, 0.1) is 11.3 Å². The molecule has 4 rings (SSSR count). The molecule has 0 saturated carbocycles. The molecule has 0 aliphatic carbocycles. The zero-order valence-electron chi connectivity index (χ0n) is 17.9. The molecule has 3 aromatic rings. The van der Waals surface area contributed by atoms with E-state index in [0.29, 0.717) is 22.2 Å². The van der Waals surface area contributed by atoms with Crippen LogP contribution in [0, 0.1) is 12.7 Å². The number of carbonyl (C=O) groups excluding carboxylic acids is 3. The number of pyridine rings is 1. The maximum absolute atomic E-state index is 14.2. The highest BCUT2D eigenvalue weighted by Gasteiger charge is 2.18. The summed E-state index contributed by atoms with van der Waals surface area (Å²) in [6.45, 7) is 1.60. The van der Waals surface area contributed by atoms with Crippen molar-refractivity contribution in [3.05, 3.63) is 71.2 Å². The van der Waals surface area contributed by atoms with Crippen molar-refractivity contribution in [2.75, 3.05) is 23.2 Å². The Balaban J connectivity index is 1.44. The molecule has 3 amide bonds. The van der Waals surface area contributed by atoms with Crippen molar-refractivity contribution in [1.82, 2.24) is 4.98 Å². The molecular weight excluding hydrogens is 463 g/mol. The molecular formula is C23H19FN4O5S. The van der Waals surface area contributed by atoms with Gasteiger partial charge in [-0.05, 0) is 43.3 Å². The zero-order chi connectivity index (χ0) is 24.2. The molecule has 0 saturated heterocycles. The first kappa shape index (κ1) is 23.1. The van der Waals surface area contributed by atoms with Crippen LogP contribution < -0.4 is 25.8 Å². The zero-order valence-corrected chi connectivity index (χ0v) is 18.7. The van der Waals surface area contributed by atoms with E-state index in [0.717, 1.165) is 17.8 Å². The number of ether oxygens (including phenoxy) is 2. The summed E-state index contributed by atoms with van der Waals surface area (Å²) in [4.78, 5) is 40.9. The number of anilines is 2. The number of aromatic nitrogens is 1. The largest absolute Gasteiger partial charge is 0.454 e. The third kappa shape index (κ3) is 5.09. The van der Waals surface area contributed by atoms with Gasteiger partial charge in [-0.2, -0.15) is 0 Å². The molecule has 1 aromatic heterocycles. The predicted molar refractivity (Wildman–Crippen MR) is 124 cm³/mol. The number of primary amides is 1. The molecule has 0 atom stereocenters. The monoisotopic (exact) mass is 482 g/mol. The number of hydrogen-bond acceptors (Lipinski definition) is 7. The molecule has 174 valence electrons. The van der Waals surface area contributed by atoms with Gasteiger partial charge in [-0.15, -0.1) is 0 Å². The van der Waals surface area contributed by atoms with Crippen molar-refractivity contribution in [2.24, 2.45) is 5.73 Å². The molecule has 11 heteroatoms. The standard InChI is InChI=1S/C23H19FN4O5S/c1-12-16(24)7-13(21(25)30)8-17(12)28-22(31)15-3-2-6-26-23(15)34-10-20(29)27-14-4-5-18-19(9-14)33-11-32-18/h2-9H,10-11H2,1H3,(H2,25,30)(H,27,29)(H,28,31). The van der Waals surface area contributed by atoms with Gasteiger partial charge in [0.1, 0.15) is 10.8 Å². The minimum absolute atomic E-state index is 0.0173. The molecule has 9 nitrogen and oxygen atoms in total. The highest BCUT2D eigenvalue weighted by Crippen LogP contribution is 2.34. The van der Waals surface area contributed by atoms with E-state index in [4.69, 9.17) is 15.2 Å². The fraction of sp³-hybridized carbons (Fsp3) is 0.130. The fourth-order valence-electron chi connectivity index (χ4n) is 3.12. The van der Waals surface area contributed by atoms with Crippen LogP contribution in [0.1, 0.15) is 26.3 Å². The Morgan fingerprint density at radius 3 is 2.71 bits per heavy atom. The lowest BCUT2D eigenvalue weighted by atomic mass is 10.1. The van der Waals surface area contributed by atoms with Gasteiger partial charge in [-0.3, -0.25) is 14.4 Å². The first-order valence-electron chi connectivity index (χ1n) is 10.0. The second-order valence-electron chi connectivity index (χ2n) is 7.21. The fourth-order valence-corrected chi connectivity index (χ4v) is 3.92. The van der Waals surface area contributed by atoms with Crippen LogP contribution in [0.2, 0.25) is 0 Å². The summed E-state index contributed by atoms with van der Waals surface area (Å²) in [5, 5.41) is 5.65. The molecule has 0 unspecified atom stereocenters. The normalized spacial score (nSPS) is 11.7. The minimum atomic E-state index is -0.819. The van der Waals surface area contributed by atoms with Crippen molar-refractivity contribution < 1.29 is 28.2 Å². The van der Waals surface area contributed by atoms with Crippen molar-refractivity contribution in [2.45, 2.75) is 11.9 Å². The van der Waals surface area contributed by atoms with E-state index in [1.54, 1.807) is 24.3 Å². The Kier molecular flexibility index (Phi) is 6.64. The molecule has 0 radical (unpaired) electrons. The van der Waals surface area contributed by atoms with E-state index in [1.807, 2.05) is 0 Å². The third-order valence-electron chi connectivity index (χ3n) is 4.89. The smallest absolute Gasteiger partial charge is 0.258 e. The third-order valence-corrected chi connectivity index (χ3v) is 5.89. The first-order valence-corrected chi connectivity index (χ1v) is 11.0. The van der Waals surface area contributed by atoms with Crippen molar-refractivity contribution in [3.8, 4) is 11.5 Å². The number of fused-ring (bicyclic) bond motifs is 1. The number of hydrogen-bond donors (Lipinski definition) is 3. The second kappa shape index (κ2) is 9.79. The Labute approximate surface area is 197 Å². The maximum atomic E-state index is 14.2. The van der Waals surface area contributed by atoms with E-state index >= 15 is 0 Å². The van der Waals surface area contributed by atoms with Crippen LogP contribution in [0.4, 0.5) is 15.8 Å². The summed E-state index contributed by atoms with van der Waals surface area (Å²) in [7, 11) is 0. The number of rotatable bonds is 7. The van der Waals surface area contributed by atoms with Gasteiger partial charge in [0.2, 0.25) is 18.6 Å². The highest BCUT2D eigenvalue weighted by atomic mass is 32.2. The van der Waals surface area contributed by atoms with Gasteiger partial charge >= 0.3 is 0 Å². The summed E-state index contributed by atoms with van der Waals surface area (Å²) in [6, 6.07) is 10.5. The van der Waals surface area contributed by atoms with Gasteiger partial charge in [0.25, 0.3) is 5.91 Å². The highest BCUT2D eigenvalue weighted by molar-refractivity contribution is 8.00. The molecule has 4 N–H and O–H groups in total. The van der Waals surface area contributed by atoms with Crippen LogP contribution >= 0.6 is 11.8 Å². The number of nitrogens with two attached hydrogens (primary N) is 1. The number of amides is 3. The topological polar surface area (TPSA) is 133 Å². The average molecular weight is 482 g/mol. The van der Waals surface area contributed by atoms with Gasteiger partial charge in [-0.25, -0.2) is 9.37 Å². The number of nitrogens with one attached hydrogen (secondary N) is 2. The summed E-state index contributed by atoms with van der Waals surface area (Å²) in [5.74, 6) is -1.25. The predicted octanol–water partition coefficient (Wildman–Crippen LogP) is 3.34. The summed E-state index contributed by atoms with van der Waals surface area (Å²) >= 11 is 1.07. The van der Waals surface area contributed by atoms with Crippen LogP contribution in [-0.4, -0.2) is 35.3 Å². The molecule has 0 bridgehead atoms. The molecule has 2 heterocycles. The van der Waals surface area contributed by atoms with Crippen LogP contribution in [0.25, 0.3) is 0 Å². The molecule has 0 fully saturated rings. The Hall–Kier alpha value is -4.12. The van der Waals surface area contributed by atoms with Crippen molar-refractivity contribution >= 4 is 40.9 Å². The van der Waals surface area contributed by atoms with Crippen molar-refractivity contribution in [1.29, 1.82) is 0 Å². The number of carbonyl (C=O) groups is 3. The number of nitrogens with zero attached hydrogens (tertiary/aromatic N) is 1. The molecule has 34 heavy (non-hydrogen) atoms. The van der Waals surface area contributed by atoms with Gasteiger partial charge in [-0.1, -0.05) is 11.8 Å². The van der Waals surface area contributed by atoms with Crippen LogP contribution in [0.15, 0.2) is 53.7 Å². The SMILES string of the molecule is Cc1c(F)cc(C(N)=O)cc1NC(=O)c1cccnc1SCC(=O)Nc1ccc2c(c1)OCO2. The second-order valence-corrected chi connectivity index (χ2v) is 8.17. The first-order chi connectivity index (χ1) is 16.3. The van der Waals surface area contributed by atoms with Crippen LogP contribution in [-0.2, 0) is 4.79 Å². The van der Waals surface area contributed by atoms with Crippen LogP contribution in [0.3, 0.4) is 0 Å². The quantitative estimate of drug-likeness (QED) is 0.440. The van der Waals surface area contributed by atoms with E-state index in [9.17, 15) is 18.8 Å². The van der Waals surface area contributed by atoms with E-state index in [-0.39, 0.29) is 40.8 Å². The van der Waals surface area contributed by atoms with Crippen LogP contribution in [0.5, 0.6) is 11.5 Å². The molecule has 1 aliphatic rings. The Bertz CT molecular complexity index is 1300. The van der Waals surface area contributed by atoms with Gasteiger partial charge < -0.3 is 25.8 Å². The van der Waals surface area contributed by atoms with E-state index in [1.165, 1.54) is 25.3 Å². The summed E-state index contributed by atoms with van der Waals surface area (Å²) in [5.41, 5.74) is 6.16. The van der Waals surface area contributed by atoms with E-state index < -0.39 is 17.6 Å². The Morgan fingerprint density at radius 2 is 1.91 bits per heavy atom. The number of benzene rings is 2. The molecule has 1 aliphatic heterocycles. The lowest BCUT2D eigenvalue weighted by Crippen LogP contribution is -2.18.